The van der Waals surface area contributed by atoms with Crippen molar-refractivity contribution in [2.75, 3.05) is 18.1 Å². The quantitative estimate of drug-likeness (QED) is 0.635. The second-order valence-corrected chi connectivity index (χ2v) is 6.67. The highest BCUT2D eigenvalue weighted by atomic mass is 35.5. The average molecular weight is 379 g/mol. The van der Waals surface area contributed by atoms with Gasteiger partial charge in [-0.25, -0.2) is 9.97 Å². The number of ether oxygens (including phenoxy) is 1. The van der Waals surface area contributed by atoms with Crippen LogP contribution in [0.15, 0.2) is 30.7 Å². The molecule has 3 aromatic heterocycles. The Hall–Kier alpha value is -1.96. The third-order valence-electron chi connectivity index (χ3n) is 4.23. The van der Waals surface area contributed by atoms with E-state index >= 15 is 0 Å². The van der Waals surface area contributed by atoms with Gasteiger partial charge in [-0.2, -0.15) is 14.6 Å². The highest BCUT2D eigenvalue weighted by molar-refractivity contribution is 6.32. The van der Waals surface area contributed by atoms with Gasteiger partial charge < -0.3 is 9.64 Å². The van der Waals surface area contributed by atoms with Crippen molar-refractivity contribution < 1.29 is 4.74 Å². The molecule has 0 radical (unpaired) electrons. The molecule has 4 heterocycles. The van der Waals surface area contributed by atoms with E-state index in [1.54, 1.807) is 22.8 Å². The highest BCUT2D eigenvalue weighted by Gasteiger charge is 2.27. The van der Waals surface area contributed by atoms with Crippen LogP contribution in [0.1, 0.15) is 18.4 Å². The van der Waals surface area contributed by atoms with E-state index in [1.807, 2.05) is 6.07 Å². The van der Waals surface area contributed by atoms with Crippen molar-refractivity contribution in [3.8, 4) is 0 Å². The smallest absolute Gasteiger partial charge is 0.254 e. The molecule has 0 N–H and O–H groups in total. The van der Waals surface area contributed by atoms with Crippen LogP contribution in [0.4, 0.5) is 5.82 Å². The molecule has 1 saturated heterocycles. The second kappa shape index (κ2) is 7.11. The number of fused-ring (bicyclic) bond motifs is 1. The van der Waals surface area contributed by atoms with Crippen molar-refractivity contribution in [3.05, 3.63) is 46.6 Å². The maximum atomic E-state index is 5.92. The molecular weight excluding hydrogens is 363 g/mol. The molecule has 7 nitrogen and oxygen atoms in total. The lowest BCUT2D eigenvalue weighted by atomic mass is 10.2. The summed E-state index contributed by atoms with van der Waals surface area (Å²) in [6, 6.07) is 5.77. The van der Waals surface area contributed by atoms with E-state index in [0.717, 1.165) is 30.8 Å². The largest absolute Gasteiger partial charge is 0.375 e. The van der Waals surface area contributed by atoms with Crippen LogP contribution in [0, 0.1) is 0 Å². The van der Waals surface area contributed by atoms with Gasteiger partial charge in [-0.1, -0.05) is 23.2 Å². The van der Waals surface area contributed by atoms with Gasteiger partial charge in [0, 0.05) is 12.7 Å². The molecule has 1 atom stereocenters. The van der Waals surface area contributed by atoms with Gasteiger partial charge >= 0.3 is 0 Å². The van der Waals surface area contributed by atoms with Crippen LogP contribution in [-0.2, 0) is 11.3 Å². The Labute approximate surface area is 154 Å². The molecule has 130 valence electrons. The zero-order valence-electron chi connectivity index (χ0n) is 13.3. The van der Waals surface area contributed by atoms with Crippen molar-refractivity contribution in [3.63, 3.8) is 0 Å². The first-order valence-corrected chi connectivity index (χ1v) is 8.77. The molecule has 4 rings (SSSR count). The van der Waals surface area contributed by atoms with E-state index in [2.05, 4.69) is 25.0 Å². The summed E-state index contributed by atoms with van der Waals surface area (Å²) in [6.07, 6.45) is 5.46. The van der Waals surface area contributed by atoms with Crippen LogP contribution < -0.4 is 4.90 Å². The molecule has 1 aliphatic heterocycles. The van der Waals surface area contributed by atoms with E-state index in [0.29, 0.717) is 29.3 Å². The number of hydrogen-bond donors (Lipinski definition) is 0. The Morgan fingerprint density at radius 1 is 1.20 bits per heavy atom. The van der Waals surface area contributed by atoms with Gasteiger partial charge in [0.1, 0.15) is 22.5 Å². The summed E-state index contributed by atoms with van der Waals surface area (Å²) in [5, 5.41) is 5.02. The maximum absolute atomic E-state index is 5.92. The van der Waals surface area contributed by atoms with Crippen LogP contribution in [0.5, 0.6) is 0 Å². The van der Waals surface area contributed by atoms with Crippen molar-refractivity contribution >= 4 is 34.8 Å². The lowest BCUT2D eigenvalue weighted by Gasteiger charge is -2.26. The Morgan fingerprint density at radius 3 is 2.88 bits per heavy atom. The molecule has 3 aromatic rings. The van der Waals surface area contributed by atoms with Crippen LogP contribution >= 0.6 is 23.2 Å². The molecule has 9 heteroatoms. The van der Waals surface area contributed by atoms with Crippen LogP contribution in [0.2, 0.25) is 10.3 Å². The van der Waals surface area contributed by atoms with E-state index < -0.39 is 0 Å². The number of hydrogen-bond acceptors (Lipinski definition) is 6. The number of aromatic nitrogens is 5. The Balaban J connectivity index is 1.44. The Kier molecular flexibility index (Phi) is 4.70. The molecule has 1 fully saturated rings. The van der Waals surface area contributed by atoms with Crippen molar-refractivity contribution in [2.45, 2.75) is 25.5 Å². The summed E-state index contributed by atoms with van der Waals surface area (Å²) in [5.74, 6) is 1.59. The van der Waals surface area contributed by atoms with Gasteiger partial charge in [-0.3, -0.25) is 0 Å². The van der Waals surface area contributed by atoms with Crippen molar-refractivity contribution in [2.24, 2.45) is 0 Å². The molecule has 0 aromatic carbocycles. The molecular formula is C16H16Cl2N6O. The fourth-order valence-electron chi connectivity index (χ4n) is 3.16. The van der Waals surface area contributed by atoms with Crippen molar-refractivity contribution in [1.29, 1.82) is 0 Å². The summed E-state index contributed by atoms with van der Waals surface area (Å²) in [7, 11) is 0. The Morgan fingerprint density at radius 2 is 2.04 bits per heavy atom. The molecule has 0 saturated carbocycles. The summed E-state index contributed by atoms with van der Waals surface area (Å²) in [5.41, 5.74) is 0.914. The van der Waals surface area contributed by atoms with Crippen LogP contribution in [0.25, 0.3) is 5.78 Å². The normalized spacial score (nSPS) is 17.5. The lowest BCUT2D eigenvalue weighted by molar-refractivity contribution is 0.108. The first kappa shape index (κ1) is 16.5. The SMILES string of the molecule is Clc1cc(COCC2CCCN2c2ccnc3ncnn23)cc(Cl)n1. The fraction of sp³-hybridized carbons (Fsp3) is 0.375. The van der Waals surface area contributed by atoms with E-state index in [4.69, 9.17) is 27.9 Å². The fourth-order valence-corrected chi connectivity index (χ4v) is 3.67. The predicted octanol–water partition coefficient (Wildman–Crippen LogP) is 3.01. The number of anilines is 1. The monoisotopic (exact) mass is 378 g/mol. The van der Waals surface area contributed by atoms with E-state index in [9.17, 15) is 0 Å². The maximum Gasteiger partial charge on any atom is 0.254 e. The third kappa shape index (κ3) is 3.53. The second-order valence-electron chi connectivity index (χ2n) is 5.90. The number of halogens is 2. The molecule has 1 unspecified atom stereocenters. The molecule has 1 aliphatic rings. The average Bonchev–Trinajstić information content (AvgIpc) is 3.22. The first-order valence-electron chi connectivity index (χ1n) is 8.02. The molecule has 25 heavy (non-hydrogen) atoms. The standard InChI is InChI=1S/C16H16Cl2N6O/c17-13-6-11(7-14(18)22-13)8-25-9-12-2-1-5-23(12)15-3-4-19-16-20-10-21-24(15)16/h3-4,6-7,10,12H,1-2,5,8-9H2. The van der Waals surface area contributed by atoms with Gasteiger partial charge in [0.05, 0.1) is 19.3 Å². The molecule has 0 bridgehead atoms. The molecule has 0 amide bonds. The van der Waals surface area contributed by atoms with Crippen molar-refractivity contribution in [1.82, 2.24) is 24.6 Å². The minimum Gasteiger partial charge on any atom is -0.375 e. The van der Waals surface area contributed by atoms with Gasteiger partial charge in [0.25, 0.3) is 5.78 Å². The minimum atomic E-state index is 0.280. The molecule has 0 aliphatic carbocycles. The van der Waals surface area contributed by atoms with Gasteiger partial charge in [-0.05, 0) is 36.6 Å². The number of rotatable bonds is 5. The summed E-state index contributed by atoms with van der Waals surface area (Å²) in [4.78, 5) is 14.6. The molecule has 0 spiro atoms. The number of nitrogens with zero attached hydrogens (tertiary/aromatic N) is 6. The summed E-state index contributed by atoms with van der Waals surface area (Å²) < 4.78 is 7.68. The lowest BCUT2D eigenvalue weighted by Crippen LogP contribution is -2.34. The summed E-state index contributed by atoms with van der Waals surface area (Å²) >= 11 is 11.8. The first-order chi connectivity index (χ1) is 12.2. The van der Waals surface area contributed by atoms with Gasteiger partial charge in [0.2, 0.25) is 0 Å². The van der Waals surface area contributed by atoms with Gasteiger partial charge in [-0.15, -0.1) is 0 Å². The third-order valence-corrected chi connectivity index (χ3v) is 4.62. The van der Waals surface area contributed by atoms with E-state index in [-0.39, 0.29) is 6.04 Å². The van der Waals surface area contributed by atoms with Gasteiger partial charge in [0.15, 0.2) is 0 Å². The predicted molar refractivity (Wildman–Crippen MR) is 95.1 cm³/mol. The zero-order chi connectivity index (χ0) is 17.2. The number of pyridine rings is 1. The van der Waals surface area contributed by atoms with Crippen LogP contribution in [0.3, 0.4) is 0 Å². The Bertz CT molecular complexity index is 866. The van der Waals surface area contributed by atoms with E-state index in [1.165, 1.54) is 6.33 Å². The highest BCUT2D eigenvalue weighted by Crippen LogP contribution is 2.25. The topological polar surface area (TPSA) is 68.4 Å². The van der Waals surface area contributed by atoms with Crippen LogP contribution in [-0.4, -0.2) is 43.8 Å². The minimum absolute atomic E-state index is 0.280. The summed E-state index contributed by atoms with van der Waals surface area (Å²) in [6.45, 7) is 2.01. The zero-order valence-corrected chi connectivity index (χ0v) is 14.9.